The molecule has 2 nitrogen and oxygen atoms in total. The summed E-state index contributed by atoms with van der Waals surface area (Å²) in [5.41, 5.74) is 4.78. The Morgan fingerprint density at radius 2 is 2.00 bits per heavy atom. The third-order valence-electron chi connectivity index (χ3n) is 1.83. The molecular formula is C8H5F3N2S. The first-order chi connectivity index (χ1) is 6.48. The Morgan fingerprint density at radius 3 is 2.64 bits per heavy atom. The molecule has 2 aromatic rings. The number of hydrogen-bond acceptors (Lipinski definition) is 3. The van der Waals surface area contributed by atoms with Gasteiger partial charge in [-0.05, 0) is 29.7 Å². The van der Waals surface area contributed by atoms with Gasteiger partial charge in [0.1, 0.15) is 5.82 Å². The van der Waals surface area contributed by atoms with Gasteiger partial charge in [0, 0.05) is 5.39 Å². The molecule has 6 heteroatoms. The van der Waals surface area contributed by atoms with Crippen molar-refractivity contribution in [3.05, 3.63) is 23.8 Å². The van der Waals surface area contributed by atoms with Gasteiger partial charge < -0.3 is 5.73 Å². The molecule has 74 valence electrons. The summed E-state index contributed by atoms with van der Waals surface area (Å²) in [7, 11) is 0. The molecule has 0 spiro atoms. The van der Waals surface area contributed by atoms with E-state index in [0.717, 1.165) is 23.7 Å². The maximum absolute atomic E-state index is 12.3. The van der Waals surface area contributed by atoms with Gasteiger partial charge in [0.2, 0.25) is 0 Å². The molecule has 0 bridgehead atoms. The van der Waals surface area contributed by atoms with Gasteiger partial charge >= 0.3 is 6.18 Å². The number of alkyl halides is 3. The second-order valence-corrected chi connectivity index (χ2v) is 3.58. The minimum Gasteiger partial charge on any atom is -0.382 e. The van der Waals surface area contributed by atoms with Crippen LogP contribution in [-0.2, 0) is 6.18 Å². The summed E-state index contributed by atoms with van der Waals surface area (Å²) in [6, 6.07) is 3.41. The molecule has 14 heavy (non-hydrogen) atoms. The van der Waals surface area contributed by atoms with E-state index in [9.17, 15) is 13.2 Å². The van der Waals surface area contributed by atoms with E-state index in [4.69, 9.17) is 5.73 Å². The quantitative estimate of drug-likeness (QED) is 0.738. The van der Waals surface area contributed by atoms with Crippen LogP contribution in [0.3, 0.4) is 0 Å². The van der Waals surface area contributed by atoms with Gasteiger partial charge in [0.05, 0.1) is 10.3 Å². The predicted molar refractivity (Wildman–Crippen MR) is 49.0 cm³/mol. The lowest BCUT2D eigenvalue weighted by atomic mass is 10.2. The molecule has 0 saturated heterocycles. The lowest BCUT2D eigenvalue weighted by Gasteiger charge is -2.05. The Balaban J connectivity index is 2.63. The van der Waals surface area contributed by atoms with E-state index < -0.39 is 11.7 Å². The van der Waals surface area contributed by atoms with Gasteiger partial charge in [-0.25, -0.2) is 0 Å². The van der Waals surface area contributed by atoms with E-state index >= 15 is 0 Å². The zero-order chi connectivity index (χ0) is 10.3. The van der Waals surface area contributed by atoms with E-state index in [1.54, 1.807) is 0 Å². The van der Waals surface area contributed by atoms with Crippen LogP contribution in [0.15, 0.2) is 18.2 Å². The number of aromatic nitrogens is 1. The van der Waals surface area contributed by atoms with Crippen molar-refractivity contribution in [1.82, 2.24) is 4.37 Å². The van der Waals surface area contributed by atoms with E-state index in [2.05, 4.69) is 4.37 Å². The maximum atomic E-state index is 12.3. The molecule has 0 fully saturated rings. The summed E-state index contributed by atoms with van der Waals surface area (Å²) in [4.78, 5) is 0. The monoisotopic (exact) mass is 218 g/mol. The number of halogens is 3. The van der Waals surface area contributed by atoms with Crippen LogP contribution in [0, 0.1) is 0 Å². The van der Waals surface area contributed by atoms with Crippen molar-refractivity contribution < 1.29 is 13.2 Å². The van der Waals surface area contributed by atoms with E-state index in [1.165, 1.54) is 6.07 Å². The van der Waals surface area contributed by atoms with Gasteiger partial charge in [-0.15, -0.1) is 0 Å². The maximum Gasteiger partial charge on any atom is 0.416 e. The van der Waals surface area contributed by atoms with Crippen LogP contribution in [0.4, 0.5) is 19.0 Å². The Kier molecular flexibility index (Phi) is 1.88. The van der Waals surface area contributed by atoms with Crippen molar-refractivity contribution in [3.63, 3.8) is 0 Å². The van der Waals surface area contributed by atoms with E-state index in [0.29, 0.717) is 10.1 Å². The number of benzene rings is 1. The van der Waals surface area contributed by atoms with Gasteiger partial charge in [-0.1, -0.05) is 0 Å². The normalized spacial score (nSPS) is 12.2. The summed E-state index contributed by atoms with van der Waals surface area (Å²) in [5.74, 6) is 0.277. The highest BCUT2D eigenvalue weighted by Crippen LogP contribution is 2.33. The highest BCUT2D eigenvalue weighted by molar-refractivity contribution is 7.13. The van der Waals surface area contributed by atoms with Gasteiger partial charge in [0.15, 0.2) is 0 Å². The topological polar surface area (TPSA) is 38.9 Å². The van der Waals surface area contributed by atoms with Crippen LogP contribution >= 0.6 is 11.5 Å². The van der Waals surface area contributed by atoms with Crippen LogP contribution in [0.5, 0.6) is 0 Å². The summed E-state index contributed by atoms with van der Waals surface area (Å²) < 4.78 is 41.1. The van der Waals surface area contributed by atoms with Gasteiger partial charge in [-0.2, -0.15) is 17.5 Å². The highest BCUT2D eigenvalue weighted by Gasteiger charge is 2.30. The number of nitrogen functional groups attached to an aromatic ring is 1. The van der Waals surface area contributed by atoms with Crippen molar-refractivity contribution in [2.24, 2.45) is 0 Å². The standard InChI is InChI=1S/C8H5F3N2S/c9-8(10,11)4-1-2-5-6(3-4)14-13-7(5)12/h1-3H,(H2,12,13). The summed E-state index contributed by atoms with van der Waals surface area (Å²) in [6.45, 7) is 0. The number of rotatable bonds is 0. The molecule has 0 saturated carbocycles. The largest absolute Gasteiger partial charge is 0.416 e. The Hall–Kier alpha value is -1.30. The summed E-state index contributed by atoms with van der Waals surface area (Å²) in [6.07, 6.45) is -4.31. The fourth-order valence-corrected chi connectivity index (χ4v) is 1.88. The molecule has 1 heterocycles. The summed E-state index contributed by atoms with van der Waals surface area (Å²) >= 11 is 0.969. The average molecular weight is 218 g/mol. The molecule has 1 aromatic heterocycles. The number of anilines is 1. The molecular weight excluding hydrogens is 213 g/mol. The molecule has 2 rings (SSSR count). The molecule has 0 atom stereocenters. The highest BCUT2D eigenvalue weighted by atomic mass is 32.1. The number of nitrogens with two attached hydrogens (primary N) is 1. The lowest BCUT2D eigenvalue weighted by Crippen LogP contribution is -2.03. The van der Waals surface area contributed by atoms with Crippen molar-refractivity contribution >= 4 is 27.4 Å². The van der Waals surface area contributed by atoms with Crippen LogP contribution in [0.2, 0.25) is 0 Å². The Bertz CT molecular complexity index is 475. The smallest absolute Gasteiger partial charge is 0.382 e. The third kappa shape index (κ3) is 1.41. The SMILES string of the molecule is Nc1nsc2cc(C(F)(F)F)ccc12. The van der Waals surface area contributed by atoms with Crippen LogP contribution in [0.1, 0.15) is 5.56 Å². The third-order valence-corrected chi connectivity index (χ3v) is 2.65. The first-order valence-corrected chi connectivity index (χ1v) is 4.48. The molecule has 0 aliphatic carbocycles. The van der Waals surface area contributed by atoms with Gasteiger partial charge in [0.25, 0.3) is 0 Å². The van der Waals surface area contributed by atoms with Crippen molar-refractivity contribution in [3.8, 4) is 0 Å². The van der Waals surface area contributed by atoms with E-state index in [1.807, 2.05) is 0 Å². The van der Waals surface area contributed by atoms with Crippen LogP contribution in [0.25, 0.3) is 10.1 Å². The zero-order valence-corrected chi connectivity index (χ0v) is 7.62. The van der Waals surface area contributed by atoms with Crippen molar-refractivity contribution in [2.45, 2.75) is 6.18 Å². The molecule has 0 aliphatic rings. The van der Waals surface area contributed by atoms with Crippen LogP contribution in [-0.4, -0.2) is 4.37 Å². The first-order valence-electron chi connectivity index (χ1n) is 3.70. The van der Waals surface area contributed by atoms with Gasteiger partial charge in [-0.3, -0.25) is 0 Å². The second kappa shape index (κ2) is 2.84. The Morgan fingerprint density at radius 1 is 1.29 bits per heavy atom. The minimum absolute atomic E-state index is 0.277. The molecule has 2 N–H and O–H groups in total. The predicted octanol–water partition coefficient (Wildman–Crippen LogP) is 2.90. The summed E-state index contributed by atoms with van der Waals surface area (Å²) in [5, 5.41) is 0.572. The number of nitrogens with zero attached hydrogens (tertiary/aromatic N) is 1. The fraction of sp³-hybridized carbons (Fsp3) is 0.125. The molecule has 0 radical (unpaired) electrons. The second-order valence-electron chi connectivity index (χ2n) is 2.78. The zero-order valence-electron chi connectivity index (χ0n) is 6.80. The van der Waals surface area contributed by atoms with E-state index in [-0.39, 0.29) is 5.82 Å². The fourth-order valence-electron chi connectivity index (χ4n) is 1.13. The molecule has 0 aliphatic heterocycles. The molecule has 0 amide bonds. The van der Waals surface area contributed by atoms with Crippen molar-refractivity contribution in [1.29, 1.82) is 0 Å². The lowest BCUT2D eigenvalue weighted by molar-refractivity contribution is -0.137. The molecule has 0 unspecified atom stereocenters. The number of hydrogen-bond donors (Lipinski definition) is 1. The Labute approximate surface area is 81.3 Å². The van der Waals surface area contributed by atoms with Crippen LogP contribution < -0.4 is 5.73 Å². The first kappa shape index (κ1) is 9.26. The minimum atomic E-state index is -4.31. The number of fused-ring (bicyclic) bond motifs is 1. The average Bonchev–Trinajstić information content (AvgIpc) is 2.46. The molecule has 1 aromatic carbocycles. The van der Waals surface area contributed by atoms with Crippen molar-refractivity contribution in [2.75, 3.05) is 5.73 Å².